The van der Waals surface area contributed by atoms with Crippen LogP contribution in [0.5, 0.6) is 0 Å². The van der Waals surface area contributed by atoms with Crippen LogP contribution in [-0.4, -0.2) is 25.5 Å². The fourth-order valence-corrected chi connectivity index (χ4v) is 2.53. The van der Waals surface area contributed by atoms with E-state index in [9.17, 15) is 4.79 Å². The molecule has 114 valence electrons. The number of para-hydroxylation sites is 1. The fraction of sp³-hybridized carbons (Fsp3) is 0.267. The first kappa shape index (κ1) is 14.6. The molecule has 0 spiro atoms. The van der Waals surface area contributed by atoms with Crippen LogP contribution in [-0.2, 0) is 17.9 Å². The van der Waals surface area contributed by atoms with Gasteiger partial charge in [0, 0.05) is 30.6 Å². The number of fused-ring (bicyclic) bond motifs is 1. The maximum absolute atomic E-state index is 12.0. The molecule has 22 heavy (non-hydrogen) atoms. The van der Waals surface area contributed by atoms with Crippen LogP contribution in [0.4, 0.5) is 5.82 Å². The van der Waals surface area contributed by atoms with Gasteiger partial charge < -0.3 is 5.32 Å². The third kappa shape index (κ3) is 2.96. The SMILES string of the molecule is CCn1ccc(NC(=O)CCn2nc(Cl)c3ccccc32)n1. The number of carbonyl (C=O) groups excluding carboxylic acids is 1. The van der Waals surface area contributed by atoms with Crippen LogP contribution in [0, 0.1) is 0 Å². The highest BCUT2D eigenvalue weighted by molar-refractivity contribution is 6.34. The van der Waals surface area contributed by atoms with E-state index in [1.54, 1.807) is 15.4 Å². The molecule has 7 heteroatoms. The largest absolute Gasteiger partial charge is 0.309 e. The number of nitrogens with zero attached hydrogens (tertiary/aromatic N) is 4. The van der Waals surface area contributed by atoms with Gasteiger partial charge in [0.05, 0.1) is 12.1 Å². The summed E-state index contributed by atoms with van der Waals surface area (Å²) in [5, 5.41) is 12.6. The number of aryl methyl sites for hydroxylation is 2. The van der Waals surface area contributed by atoms with Gasteiger partial charge in [-0.2, -0.15) is 10.2 Å². The van der Waals surface area contributed by atoms with Gasteiger partial charge in [-0.15, -0.1) is 0 Å². The molecule has 0 fully saturated rings. The predicted octanol–water partition coefficient (Wildman–Crippen LogP) is 2.93. The van der Waals surface area contributed by atoms with Crippen molar-refractivity contribution in [3.63, 3.8) is 0 Å². The Morgan fingerprint density at radius 1 is 1.27 bits per heavy atom. The van der Waals surface area contributed by atoms with Crippen LogP contribution in [0.2, 0.25) is 5.15 Å². The van der Waals surface area contributed by atoms with E-state index in [2.05, 4.69) is 15.5 Å². The summed E-state index contributed by atoms with van der Waals surface area (Å²) in [4.78, 5) is 12.0. The zero-order chi connectivity index (χ0) is 15.5. The van der Waals surface area contributed by atoms with Crippen LogP contribution in [0.15, 0.2) is 36.5 Å². The average Bonchev–Trinajstić information content (AvgIpc) is 3.10. The third-order valence-corrected chi connectivity index (χ3v) is 3.67. The van der Waals surface area contributed by atoms with Crippen molar-refractivity contribution in [1.82, 2.24) is 19.6 Å². The van der Waals surface area contributed by atoms with Crippen LogP contribution in [0.25, 0.3) is 10.9 Å². The first-order valence-electron chi connectivity index (χ1n) is 7.11. The van der Waals surface area contributed by atoms with Crippen molar-refractivity contribution < 1.29 is 4.79 Å². The molecule has 0 saturated heterocycles. The van der Waals surface area contributed by atoms with E-state index in [0.717, 1.165) is 17.4 Å². The molecule has 3 aromatic rings. The molecular weight excluding hydrogens is 302 g/mol. The number of rotatable bonds is 5. The Morgan fingerprint density at radius 2 is 2.09 bits per heavy atom. The minimum atomic E-state index is -0.0999. The molecule has 0 atom stereocenters. The lowest BCUT2D eigenvalue weighted by Crippen LogP contribution is -2.15. The van der Waals surface area contributed by atoms with Gasteiger partial charge in [0.25, 0.3) is 0 Å². The number of carbonyl (C=O) groups is 1. The summed E-state index contributed by atoms with van der Waals surface area (Å²) in [5.74, 6) is 0.465. The van der Waals surface area contributed by atoms with E-state index in [1.807, 2.05) is 37.4 Å². The average molecular weight is 318 g/mol. The van der Waals surface area contributed by atoms with Gasteiger partial charge in [0.15, 0.2) is 11.0 Å². The number of anilines is 1. The molecule has 0 radical (unpaired) electrons. The molecule has 0 saturated carbocycles. The Labute approximate surface area is 132 Å². The topological polar surface area (TPSA) is 64.7 Å². The van der Waals surface area contributed by atoms with E-state index in [1.165, 1.54) is 0 Å². The Balaban J connectivity index is 1.65. The second-order valence-corrected chi connectivity index (χ2v) is 5.24. The summed E-state index contributed by atoms with van der Waals surface area (Å²) in [6, 6.07) is 9.47. The Bertz CT molecular complexity index is 807. The first-order chi connectivity index (χ1) is 10.7. The number of halogens is 1. The van der Waals surface area contributed by atoms with Crippen molar-refractivity contribution in [2.45, 2.75) is 26.4 Å². The molecule has 3 rings (SSSR count). The second-order valence-electron chi connectivity index (χ2n) is 4.89. The highest BCUT2D eigenvalue weighted by Crippen LogP contribution is 2.22. The zero-order valence-corrected chi connectivity index (χ0v) is 12.9. The predicted molar refractivity (Wildman–Crippen MR) is 85.9 cm³/mol. The Morgan fingerprint density at radius 3 is 2.86 bits per heavy atom. The number of benzene rings is 1. The summed E-state index contributed by atoms with van der Waals surface area (Å²) in [7, 11) is 0. The zero-order valence-electron chi connectivity index (χ0n) is 12.2. The monoisotopic (exact) mass is 317 g/mol. The normalized spacial score (nSPS) is 11.0. The molecule has 2 aromatic heterocycles. The van der Waals surface area contributed by atoms with Gasteiger partial charge in [0.1, 0.15) is 0 Å². The number of amides is 1. The van der Waals surface area contributed by atoms with E-state index in [4.69, 9.17) is 11.6 Å². The summed E-state index contributed by atoms with van der Waals surface area (Å²) >= 11 is 6.10. The van der Waals surface area contributed by atoms with E-state index >= 15 is 0 Å². The number of aromatic nitrogens is 4. The maximum atomic E-state index is 12.0. The number of nitrogens with one attached hydrogen (secondary N) is 1. The van der Waals surface area contributed by atoms with Gasteiger partial charge in [0.2, 0.25) is 5.91 Å². The third-order valence-electron chi connectivity index (χ3n) is 3.40. The molecule has 0 aliphatic carbocycles. The highest BCUT2D eigenvalue weighted by atomic mass is 35.5. The summed E-state index contributed by atoms with van der Waals surface area (Å²) in [6.07, 6.45) is 2.14. The van der Waals surface area contributed by atoms with Crippen LogP contribution in [0.1, 0.15) is 13.3 Å². The molecule has 6 nitrogen and oxygen atoms in total. The van der Waals surface area contributed by atoms with Crippen molar-refractivity contribution in [1.29, 1.82) is 0 Å². The van der Waals surface area contributed by atoms with E-state index in [0.29, 0.717) is 23.9 Å². The standard InChI is InChI=1S/C15H16ClN5O/c1-2-20-9-7-13(18-20)17-14(22)8-10-21-12-6-4-3-5-11(12)15(16)19-21/h3-7,9H,2,8,10H2,1H3,(H,17,18,22). The van der Waals surface area contributed by atoms with Gasteiger partial charge >= 0.3 is 0 Å². The summed E-state index contributed by atoms with van der Waals surface area (Å²) in [6.45, 7) is 3.23. The first-order valence-corrected chi connectivity index (χ1v) is 7.49. The van der Waals surface area contributed by atoms with Gasteiger partial charge in [-0.1, -0.05) is 23.7 Å². The summed E-state index contributed by atoms with van der Waals surface area (Å²) in [5.41, 5.74) is 0.926. The minimum Gasteiger partial charge on any atom is -0.309 e. The summed E-state index contributed by atoms with van der Waals surface area (Å²) < 4.78 is 3.51. The molecular formula is C15H16ClN5O. The van der Waals surface area contributed by atoms with Crippen LogP contribution < -0.4 is 5.32 Å². The lowest BCUT2D eigenvalue weighted by molar-refractivity contribution is -0.116. The quantitative estimate of drug-likeness (QED) is 0.787. The van der Waals surface area contributed by atoms with Crippen molar-refractivity contribution >= 4 is 34.2 Å². The molecule has 1 amide bonds. The Hall–Kier alpha value is -2.34. The Kier molecular flexibility index (Phi) is 4.11. The van der Waals surface area contributed by atoms with Crippen molar-refractivity contribution in [3.8, 4) is 0 Å². The van der Waals surface area contributed by atoms with Crippen LogP contribution >= 0.6 is 11.6 Å². The molecule has 1 N–H and O–H groups in total. The lowest BCUT2D eigenvalue weighted by Gasteiger charge is -2.04. The van der Waals surface area contributed by atoms with Gasteiger partial charge in [-0.25, -0.2) is 0 Å². The van der Waals surface area contributed by atoms with Crippen LogP contribution in [0.3, 0.4) is 0 Å². The fourth-order valence-electron chi connectivity index (χ4n) is 2.27. The number of hydrogen-bond acceptors (Lipinski definition) is 3. The molecule has 2 heterocycles. The van der Waals surface area contributed by atoms with Crippen molar-refractivity contribution in [3.05, 3.63) is 41.7 Å². The molecule has 0 aliphatic rings. The highest BCUT2D eigenvalue weighted by Gasteiger charge is 2.10. The van der Waals surface area contributed by atoms with Crippen molar-refractivity contribution in [2.24, 2.45) is 0 Å². The lowest BCUT2D eigenvalue weighted by atomic mass is 10.2. The van der Waals surface area contributed by atoms with Crippen molar-refractivity contribution in [2.75, 3.05) is 5.32 Å². The second kappa shape index (κ2) is 6.19. The smallest absolute Gasteiger partial charge is 0.227 e. The van der Waals surface area contributed by atoms with E-state index in [-0.39, 0.29) is 5.91 Å². The minimum absolute atomic E-state index is 0.0999. The maximum Gasteiger partial charge on any atom is 0.227 e. The molecule has 0 bridgehead atoms. The molecule has 1 aromatic carbocycles. The molecule has 0 unspecified atom stereocenters. The van der Waals surface area contributed by atoms with Gasteiger partial charge in [-0.3, -0.25) is 14.2 Å². The number of hydrogen-bond donors (Lipinski definition) is 1. The van der Waals surface area contributed by atoms with E-state index < -0.39 is 0 Å². The molecule has 0 aliphatic heterocycles. The van der Waals surface area contributed by atoms with Gasteiger partial charge in [-0.05, 0) is 19.1 Å².